The molecule has 152 valence electrons. The van der Waals surface area contributed by atoms with Crippen LogP contribution >= 0.6 is 0 Å². The van der Waals surface area contributed by atoms with Gasteiger partial charge in [-0.2, -0.15) is 26.3 Å². The molecule has 0 fully saturated rings. The highest BCUT2D eigenvalue weighted by atomic mass is 19.4. The highest BCUT2D eigenvalue weighted by molar-refractivity contribution is 6.21. The molecule has 0 aliphatic heterocycles. The molecule has 0 saturated carbocycles. The zero-order valence-corrected chi connectivity index (χ0v) is 15.0. The predicted molar refractivity (Wildman–Crippen MR) is 99.1 cm³/mol. The van der Waals surface area contributed by atoms with Gasteiger partial charge >= 0.3 is 12.4 Å². The van der Waals surface area contributed by atoms with Crippen LogP contribution in [0, 0.1) is 0 Å². The fourth-order valence-electron chi connectivity index (χ4n) is 3.33. The minimum atomic E-state index is -4.69. The molecule has 2 nitrogen and oxygen atoms in total. The summed E-state index contributed by atoms with van der Waals surface area (Å²) in [5.74, 6) is -0.540. The van der Waals surface area contributed by atoms with E-state index in [0.717, 1.165) is 36.4 Å². The topological polar surface area (TPSA) is 30.0 Å². The van der Waals surface area contributed by atoms with Crippen molar-refractivity contribution in [2.45, 2.75) is 12.4 Å². The van der Waals surface area contributed by atoms with Crippen molar-refractivity contribution < 1.29 is 31.1 Å². The summed E-state index contributed by atoms with van der Waals surface area (Å²) in [6.45, 7) is 0. The lowest BCUT2D eigenvalue weighted by Gasteiger charge is -2.14. The molecule has 0 spiro atoms. The highest BCUT2D eigenvalue weighted by Crippen LogP contribution is 2.38. The molecule has 3 aromatic carbocycles. The number of rotatable bonds is 2. The Hall–Kier alpha value is -3.42. The number of nitrogens with zero attached hydrogens (tertiary/aromatic N) is 1. The van der Waals surface area contributed by atoms with E-state index < -0.39 is 29.3 Å². The molecule has 0 aliphatic rings. The Bertz CT molecular complexity index is 1280. The summed E-state index contributed by atoms with van der Waals surface area (Å²) >= 11 is 0. The summed E-state index contributed by atoms with van der Waals surface area (Å²) in [5, 5.41) is 0.218. The van der Waals surface area contributed by atoms with Crippen molar-refractivity contribution in [2.75, 3.05) is 0 Å². The van der Waals surface area contributed by atoms with E-state index in [2.05, 4.69) is 4.98 Å². The molecule has 4 rings (SSSR count). The molecular weight excluding hydrogens is 408 g/mol. The van der Waals surface area contributed by atoms with Crippen molar-refractivity contribution in [3.05, 3.63) is 89.2 Å². The average Bonchev–Trinajstić information content (AvgIpc) is 2.71. The van der Waals surface area contributed by atoms with E-state index in [0.29, 0.717) is 0 Å². The monoisotopic (exact) mass is 419 g/mol. The number of aromatic nitrogens is 1. The minimum absolute atomic E-state index is 0.0245. The summed E-state index contributed by atoms with van der Waals surface area (Å²) < 4.78 is 79.3. The van der Waals surface area contributed by atoms with Crippen LogP contribution in [0.5, 0.6) is 0 Å². The van der Waals surface area contributed by atoms with Crippen molar-refractivity contribution in [3.8, 4) is 0 Å². The fraction of sp³-hybridized carbons (Fsp3) is 0.0909. The van der Waals surface area contributed by atoms with Crippen molar-refractivity contribution in [1.29, 1.82) is 0 Å². The van der Waals surface area contributed by atoms with E-state index in [9.17, 15) is 31.1 Å². The van der Waals surface area contributed by atoms with E-state index in [4.69, 9.17) is 0 Å². The summed E-state index contributed by atoms with van der Waals surface area (Å²) in [5.41, 5.74) is -1.87. The van der Waals surface area contributed by atoms with Crippen LogP contribution in [0.15, 0.2) is 66.9 Å². The number of fused-ring (bicyclic) bond motifs is 3. The normalized spacial score (nSPS) is 12.5. The van der Waals surface area contributed by atoms with Gasteiger partial charge in [0.1, 0.15) is 5.69 Å². The Kier molecular flexibility index (Phi) is 4.52. The molecule has 30 heavy (non-hydrogen) atoms. The SMILES string of the molecule is O=C(c1ccccn1)c1cc2ccc(C(F)(F)F)cc2c2cc(C(F)(F)F)ccc12. The minimum Gasteiger partial charge on any atom is -0.287 e. The summed E-state index contributed by atoms with van der Waals surface area (Å²) in [6, 6.07) is 11.5. The smallest absolute Gasteiger partial charge is 0.287 e. The van der Waals surface area contributed by atoms with Gasteiger partial charge in [0.15, 0.2) is 0 Å². The van der Waals surface area contributed by atoms with Crippen LogP contribution in [0.2, 0.25) is 0 Å². The van der Waals surface area contributed by atoms with Crippen LogP contribution in [-0.4, -0.2) is 10.8 Å². The molecule has 0 N–H and O–H groups in total. The molecule has 0 atom stereocenters. The first-order chi connectivity index (χ1) is 14.1. The Balaban J connectivity index is 2.07. The lowest BCUT2D eigenvalue weighted by Crippen LogP contribution is -2.08. The number of pyridine rings is 1. The Morgan fingerprint density at radius 3 is 1.93 bits per heavy atom. The van der Waals surface area contributed by atoms with Crippen LogP contribution < -0.4 is 0 Å². The number of hydrogen-bond acceptors (Lipinski definition) is 2. The standard InChI is InChI=1S/C22H11F6NO/c23-21(24,25)13-5-4-12-9-18(20(30)19-3-1-2-8-29-19)15-7-6-14(22(26,27)28)11-17(15)16(12)10-13/h1-11H. The van der Waals surface area contributed by atoms with Crippen molar-refractivity contribution >= 4 is 27.3 Å². The van der Waals surface area contributed by atoms with Gasteiger partial charge in [-0.3, -0.25) is 9.78 Å². The van der Waals surface area contributed by atoms with Crippen molar-refractivity contribution in [3.63, 3.8) is 0 Å². The molecule has 0 radical (unpaired) electrons. The lowest BCUT2D eigenvalue weighted by molar-refractivity contribution is -0.138. The maximum absolute atomic E-state index is 13.3. The van der Waals surface area contributed by atoms with Crippen LogP contribution in [-0.2, 0) is 12.4 Å². The summed E-state index contributed by atoms with van der Waals surface area (Å²) in [7, 11) is 0. The van der Waals surface area contributed by atoms with Crippen LogP contribution in [0.4, 0.5) is 26.3 Å². The third-order valence-corrected chi connectivity index (χ3v) is 4.75. The third kappa shape index (κ3) is 3.49. The molecule has 0 bridgehead atoms. The average molecular weight is 419 g/mol. The van der Waals surface area contributed by atoms with E-state index in [1.54, 1.807) is 12.1 Å². The zero-order chi connectivity index (χ0) is 21.7. The molecular formula is C22H11F6NO. The predicted octanol–water partition coefficient (Wildman–Crippen LogP) is 6.66. The molecule has 0 aliphatic carbocycles. The Labute approximate surface area is 165 Å². The van der Waals surface area contributed by atoms with Crippen LogP contribution in [0.3, 0.4) is 0 Å². The van der Waals surface area contributed by atoms with Gasteiger partial charge in [-0.1, -0.05) is 18.2 Å². The first-order valence-electron chi connectivity index (χ1n) is 8.66. The van der Waals surface area contributed by atoms with Crippen molar-refractivity contribution in [2.24, 2.45) is 0 Å². The number of carbonyl (C=O) groups excluding carboxylic acids is 1. The number of halogens is 6. The Morgan fingerprint density at radius 2 is 1.33 bits per heavy atom. The van der Waals surface area contributed by atoms with E-state index in [1.165, 1.54) is 18.3 Å². The highest BCUT2D eigenvalue weighted by Gasteiger charge is 2.32. The van der Waals surface area contributed by atoms with Crippen LogP contribution in [0.1, 0.15) is 27.2 Å². The number of benzene rings is 3. The maximum Gasteiger partial charge on any atom is 0.416 e. The van der Waals surface area contributed by atoms with Gasteiger partial charge in [0, 0.05) is 11.8 Å². The van der Waals surface area contributed by atoms with E-state index >= 15 is 0 Å². The second-order valence-corrected chi connectivity index (χ2v) is 6.66. The number of ketones is 1. The molecule has 8 heteroatoms. The van der Waals surface area contributed by atoms with Gasteiger partial charge in [-0.15, -0.1) is 0 Å². The molecule has 0 amide bonds. The van der Waals surface area contributed by atoms with Crippen LogP contribution in [0.25, 0.3) is 21.5 Å². The van der Waals surface area contributed by atoms with Gasteiger partial charge in [0.25, 0.3) is 0 Å². The fourth-order valence-corrected chi connectivity index (χ4v) is 3.33. The summed E-state index contributed by atoms with van der Waals surface area (Å²) in [4.78, 5) is 16.9. The van der Waals surface area contributed by atoms with E-state index in [-0.39, 0.29) is 32.8 Å². The molecule has 4 aromatic rings. The van der Waals surface area contributed by atoms with Gasteiger partial charge in [0.2, 0.25) is 5.78 Å². The first-order valence-corrected chi connectivity index (χ1v) is 8.66. The largest absolute Gasteiger partial charge is 0.416 e. The number of alkyl halides is 6. The van der Waals surface area contributed by atoms with Gasteiger partial charge < -0.3 is 0 Å². The van der Waals surface area contributed by atoms with E-state index in [1.807, 2.05) is 0 Å². The maximum atomic E-state index is 13.3. The third-order valence-electron chi connectivity index (χ3n) is 4.75. The zero-order valence-electron chi connectivity index (χ0n) is 15.0. The Morgan fingerprint density at radius 1 is 0.700 bits per heavy atom. The number of hydrogen-bond donors (Lipinski definition) is 0. The second kappa shape index (κ2) is 6.83. The first kappa shape index (κ1) is 19.9. The quantitative estimate of drug-likeness (QED) is 0.207. The molecule has 1 heterocycles. The van der Waals surface area contributed by atoms with Crippen molar-refractivity contribution in [1.82, 2.24) is 4.98 Å². The molecule has 0 saturated heterocycles. The summed E-state index contributed by atoms with van der Waals surface area (Å²) in [6.07, 6.45) is -7.96. The number of carbonyl (C=O) groups is 1. The second-order valence-electron chi connectivity index (χ2n) is 6.66. The van der Waals surface area contributed by atoms with Gasteiger partial charge in [-0.05, 0) is 64.0 Å². The molecule has 1 aromatic heterocycles. The van der Waals surface area contributed by atoms with Gasteiger partial charge in [0.05, 0.1) is 11.1 Å². The lowest BCUT2D eigenvalue weighted by atomic mass is 9.92. The molecule has 0 unspecified atom stereocenters. The van der Waals surface area contributed by atoms with Gasteiger partial charge in [-0.25, -0.2) is 0 Å².